The van der Waals surface area contributed by atoms with E-state index < -0.39 is 0 Å². The van der Waals surface area contributed by atoms with Crippen LogP contribution in [0, 0.1) is 0 Å². The molecule has 6 heteroatoms. The summed E-state index contributed by atoms with van der Waals surface area (Å²) in [5, 5.41) is 4.04. The summed E-state index contributed by atoms with van der Waals surface area (Å²) in [5.74, 6) is 0.638. The molecule has 1 N–H and O–H groups in total. The zero-order chi connectivity index (χ0) is 20.6. The number of ether oxygens (including phenoxy) is 1. The minimum atomic E-state index is -0.146. The number of carbonyl (C=O) groups excluding carboxylic acids is 1. The third-order valence-electron chi connectivity index (χ3n) is 4.64. The molecule has 3 aromatic carbocycles. The van der Waals surface area contributed by atoms with Gasteiger partial charge in [0.1, 0.15) is 12.4 Å². The van der Waals surface area contributed by atoms with Gasteiger partial charge in [-0.05, 0) is 47.5 Å². The molecule has 0 aliphatic heterocycles. The van der Waals surface area contributed by atoms with E-state index in [2.05, 4.69) is 15.5 Å². The van der Waals surface area contributed by atoms with Crippen LogP contribution in [0.1, 0.15) is 17.5 Å². The highest BCUT2D eigenvalue weighted by atomic mass is 16.5. The smallest absolute Gasteiger partial charge is 0.241 e. The standard InChI is InChI=1S/C24H22N4O2/c29-24(14-15-28-18-25-22-8-4-5-9-23(22)28)27-26-16-19-10-12-21(13-11-19)30-17-20-6-2-1-3-7-20/h1-13,16,18H,14-15,17H2,(H,27,29). The number of hydrogen-bond donors (Lipinski definition) is 1. The first-order valence-electron chi connectivity index (χ1n) is 9.76. The van der Waals surface area contributed by atoms with Crippen LogP contribution in [-0.2, 0) is 17.9 Å². The first kappa shape index (κ1) is 19.4. The Balaban J connectivity index is 1.23. The zero-order valence-corrected chi connectivity index (χ0v) is 16.4. The molecule has 0 saturated carbocycles. The number of aryl methyl sites for hydroxylation is 1. The summed E-state index contributed by atoms with van der Waals surface area (Å²) in [6.07, 6.45) is 3.69. The van der Waals surface area contributed by atoms with Crippen molar-refractivity contribution in [3.05, 3.63) is 96.3 Å². The van der Waals surface area contributed by atoms with Gasteiger partial charge in [0.05, 0.1) is 23.6 Å². The van der Waals surface area contributed by atoms with Gasteiger partial charge in [0.25, 0.3) is 0 Å². The summed E-state index contributed by atoms with van der Waals surface area (Å²) in [4.78, 5) is 16.4. The second kappa shape index (κ2) is 9.52. The van der Waals surface area contributed by atoms with Crippen molar-refractivity contribution in [3.8, 4) is 5.75 Å². The van der Waals surface area contributed by atoms with Crippen molar-refractivity contribution in [1.29, 1.82) is 0 Å². The second-order valence-electron chi connectivity index (χ2n) is 6.81. The molecule has 1 amide bonds. The minimum Gasteiger partial charge on any atom is -0.489 e. The Bertz CT molecular complexity index is 1130. The molecule has 0 aliphatic rings. The molecule has 0 saturated heterocycles. The topological polar surface area (TPSA) is 68.5 Å². The van der Waals surface area contributed by atoms with E-state index in [1.807, 2.05) is 83.4 Å². The first-order chi connectivity index (χ1) is 14.8. The second-order valence-corrected chi connectivity index (χ2v) is 6.81. The molecule has 0 unspecified atom stereocenters. The van der Waals surface area contributed by atoms with Crippen molar-refractivity contribution in [3.63, 3.8) is 0 Å². The van der Waals surface area contributed by atoms with Crippen LogP contribution in [0.25, 0.3) is 11.0 Å². The van der Waals surface area contributed by atoms with Gasteiger partial charge < -0.3 is 9.30 Å². The Labute approximate surface area is 174 Å². The SMILES string of the molecule is O=C(CCn1cnc2ccccc21)NN=Cc1ccc(OCc2ccccc2)cc1. The molecule has 1 heterocycles. The summed E-state index contributed by atoms with van der Waals surface area (Å²) in [6.45, 7) is 1.08. The first-order valence-corrected chi connectivity index (χ1v) is 9.76. The highest BCUT2D eigenvalue weighted by Crippen LogP contribution is 2.14. The maximum Gasteiger partial charge on any atom is 0.241 e. The highest BCUT2D eigenvalue weighted by Gasteiger charge is 2.04. The van der Waals surface area contributed by atoms with Crippen LogP contribution < -0.4 is 10.2 Å². The normalized spacial score (nSPS) is 11.1. The third-order valence-corrected chi connectivity index (χ3v) is 4.64. The molecule has 150 valence electrons. The van der Waals surface area contributed by atoms with E-state index in [-0.39, 0.29) is 5.91 Å². The molecular weight excluding hydrogens is 376 g/mol. The van der Waals surface area contributed by atoms with Crippen LogP contribution in [0.4, 0.5) is 0 Å². The molecule has 0 fully saturated rings. The van der Waals surface area contributed by atoms with Gasteiger partial charge in [-0.25, -0.2) is 10.4 Å². The zero-order valence-electron chi connectivity index (χ0n) is 16.4. The lowest BCUT2D eigenvalue weighted by Crippen LogP contribution is -2.19. The Hall–Kier alpha value is -3.93. The maximum atomic E-state index is 12.1. The average Bonchev–Trinajstić information content (AvgIpc) is 3.21. The Morgan fingerprint density at radius 2 is 1.77 bits per heavy atom. The molecular formula is C24H22N4O2. The lowest BCUT2D eigenvalue weighted by Gasteiger charge is -2.06. The van der Waals surface area contributed by atoms with E-state index in [1.165, 1.54) is 0 Å². The van der Waals surface area contributed by atoms with Gasteiger partial charge in [-0.1, -0.05) is 42.5 Å². The monoisotopic (exact) mass is 398 g/mol. The van der Waals surface area contributed by atoms with E-state index in [1.54, 1.807) is 12.5 Å². The van der Waals surface area contributed by atoms with E-state index in [0.717, 1.165) is 27.9 Å². The Kier molecular flexibility index (Phi) is 6.15. The van der Waals surface area contributed by atoms with Gasteiger partial charge in [-0.15, -0.1) is 0 Å². The van der Waals surface area contributed by atoms with E-state index in [4.69, 9.17) is 4.74 Å². The van der Waals surface area contributed by atoms with Crippen molar-refractivity contribution in [2.45, 2.75) is 19.6 Å². The predicted octanol–water partition coefficient (Wildman–Crippen LogP) is 4.16. The predicted molar refractivity (Wildman–Crippen MR) is 117 cm³/mol. The van der Waals surface area contributed by atoms with Crippen LogP contribution in [0.5, 0.6) is 5.75 Å². The number of hydrazone groups is 1. The van der Waals surface area contributed by atoms with Crippen molar-refractivity contribution < 1.29 is 9.53 Å². The van der Waals surface area contributed by atoms with Crippen molar-refractivity contribution in [2.75, 3.05) is 0 Å². The Morgan fingerprint density at radius 3 is 2.60 bits per heavy atom. The molecule has 4 aromatic rings. The number of nitrogens with zero attached hydrogens (tertiary/aromatic N) is 3. The summed E-state index contributed by atoms with van der Waals surface area (Å²) >= 11 is 0. The minimum absolute atomic E-state index is 0.146. The molecule has 30 heavy (non-hydrogen) atoms. The number of aromatic nitrogens is 2. The molecule has 0 aliphatic carbocycles. The lowest BCUT2D eigenvalue weighted by molar-refractivity contribution is -0.121. The van der Waals surface area contributed by atoms with Crippen LogP contribution in [0.2, 0.25) is 0 Å². The quantitative estimate of drug-likeness (QED) is 0.358. The molecule has 0 bridgehead atoms. The number of nitrogens with one attached hydrogen (secondary N) is 1. The van der Waals surface area contributed by atoms with Gasteiger partial charge in [0, 0.05) is 13.0 Å². The van der Waals surface area contributed by atoms with Gasteiger partial charge in [-0.2, -0.15) is 5.10 Å². The number of para-hydroxylation sites is 2. The summed E-state index contributed by atoms with van der Waals surface area (Å²) in [6, 6.07) is 25.4. The summed E-state index contributed by atoms with van der Waals surface area (Å²) in [5.41, 5.74) is 6.51. The fourth-order valence-corrected chi connectivity index (χ4v) is 3.04. The van der Waals surface area contributed by atoms with Crippen LogP contribution in [0.3, 0.4) is 0 Å². The highest BCUT2D eigenvalue weighted by molar-refractivity contribution is 5.82. The number of hydrogen-bond acceptors (Lipinski definition) is 4. The fraction of sp³-hybridized carbons (Fsp3) is 0.125. The number of amides is 1. The van der Waals surface area contributed by atoms with Crippen LogP contribution >= 0.6 is 0 Å². The van der Waals surface area contributed by atoms with Gasteiger partial charge in [0.15, 0.2) is 0 Å². The molecule has 1 aromatic heterocycles. The van der Waals surface area contributed by atoms with E-state index in [0.29, 0.717) is 19.6 Å². The number of imidazole rings is 1. The number of benzene rings is 3. The molecule has 0 atom stereocenters. The van der Waals surface area contributed by atoms with Gasteiger partial charge in [-0.3, -0.25) is 4.79 Å². The number of rotatable bonds is 8. The van der Waals surface area contributed by atoms with Crippen LogP contribution in [-0.4, -0.2) is 21.7 Å². The Morgan fingerprint density at radius 1 is 1.00 bits per heavy atom. The molecule has 0 radical (unpaired) electrons. The van der Waals surface area contributed by atoms with E-state index in [9.17, 15) is 4.79 Å². The van der Waals surface area contributed by atoms with Gasteiger partial charge in [0.2, 0.25) is 5.91 Å². The van der Waals surface area contributed by atoms with Crippen LogP contribution in [0.15, 0.2) is 90.3 Å². The van der Waals surface area contributed by atoms with Gasteiger partial charge >= 0.3 is 0 Å². The summed E-state index contributed by atoms with van der Waals surface area (Å²) in [7, 11) is 0. The largest absolute Gasteiger partial charge is 0.489 e. The fourth-order valence-electron chi connectivity index (χ4n) is 3.04. The maximum absolute atomic E-state index is 12.1. The van der Waals surface area contributed by atoms with Crippen molar-refractivity contribution in [1.82, 2.24) is 15.0 Å². The molecule has 0 spiro atoms. The molecule has 6 nitrogen and oxygen atoms in total. The number of carbonyl (C=O) groups is 1. The third kappa shape index (κ3) is 5.11. The van der Waals surface area contributed by atoms with E-state index >= 15 is 0 Å². The summed E-state index contributed by atoms with van der Waals surface area (Å²) < 4.78 is 7.73. The molecule has 4 rings (SSSR count). The van der Waals surface area contributed by atoms with Crippen molar-refractivity contribution >= 4 is 23.2 Å². The lowest BCUT2D eigenvalue weighted by atomic mass is 10.2. The average molecular weight is 398 g/mol. The number of fused-ring (bicyclic) bond motifs is 1. The van der Waals surface area contributed by atoms with Crippen molar-refractivity contribution in [2.24, 2.45) is 5.10 Å².